The fraction of sp³-hybridized carbons (Fsp3) is 0.381. The molecule has 146 valence electrons. The molecule has 7 heteroatoms. The first-order valence-corrected chi connectivity index (χ1v) is 9.79. The van der Waals surface area contributed by atoms with Crippen LogP contribution in [0.15, 0.2) is 36.5 Å². The number of hydrogen-bond donors (Lipinski definition) is 1. The van der Waals surface area contributed by atoms with Gasteiger partial charge in [0, 0.05) is 23.7 Å². The third-order valence-electron chi connectivity index (χ3n) is 4.75. The quantitative estimate of drug-likeness (QED) is 0.590. The monoisotopic (exact) mass is 398 g/mol. The van der Waals surface area contributed by atoms with E-state index in [-0.39, 0.29) is 12.1 Å². The lowest BCUT2D eigenvalue weighted by Gasteiger charge is -2.27. The van der Waals surface area contributed by atoms with E-state index in [9.17, 15) is 4.79 Å². The number of benzene rings is 1. The summed E-state index contributed by atoms with van der Waals surface area (Å²) in [5.74, 6) is 0.785. The number of carbonyl (C=O) groups is 1. The van der Waals surface area contributed by atoms with Crippen molar-refractivity contribution < 1.29 is 9.53 Å². The standard InChI is InChI=1S/C21H23ClN4O2/c1-21(2,3)28-20(27)26-10-4-5-17(26)19-23-12-16(25-19)14-6-8-15-13(11-14)7-9-18(22)24-15/h6-9,11-12,17H,4-5,10H2,1-3H3,(H,23,25)/t17-/m0/s1. The summed E-state index contributed by atoms with van der Waals surface area (Å²) in [5, 5.41) is 1.48. The van der Waals surface area contributed by atoms with Crippen molar-refractivity contribution in [2.45, 2.75) is 45.3 Å². The highest BCUT2D eigenvalue weighted by molar-refractivity contribution is 6.29. The molecule has 1 aliphatic rings. The molecule has 0 aliphatic carbocycles. The molecule has 3 heterocycles. The Balaban J connectivity index is 1.58. The van der Waals surface area contributed by atoms with E-state index < -0.39 is 5.60 Å². The van der Waals surface area contributed by atoms with Crippen molar-refractivity contribution in [1.82, 2.24) is 19.9 Å². The van der Waals surface area contributed by atoms with Crippen LogP contribution in [0.4, 0.5) is 4.79 Å². The van der Waals surface area contributed by atoms with E-state index in [0.717, 1.165) is 40.8 Å². The van der Waals surface area contributed by atoms with E-state index in [2.05, 4.69) is 9.97 Å². The Kier molecular flexibility index (Phi) is 4.75. The Morgan fingerprint density at radius 2 is 2.07 bits per heavy atom. The molecule has 0 spiro atoms. The van der Waals surface area contributed by atoms with Gasteiger partial charge in [-0.3, -0.25) is 4.90 Å². The molecule has 6 nitrogen and oxygen atoms in total. The van der Waals surface area contributed by atoms with Crippen LogP contribution in [0.25, 0.3) is 22.2 Å². The summed E-state index contributed by atoms with van der Waals surface area (Å²) in [6, 6.07) is 9.59. The van der Waals surface area contributed by atoms with Crippen molar-refractivity contribution in [1.29, 1.82) is 0 Å². The van der Waals surface area contributed by atoms with Gasteiger partial charge in [0.05, 0.1) is 17.3 Å². The fourth-order valence-corrected chi connectivity index (χ4v) is 3.66. The van der Waals surface area contributed by atoms with Gasteiger partial charge in [0.15, 0.2) is 0 Å². The maximum atomic E-state index is 12.5. The van der Waals surface area contributed by atoms with Gasteiger partial charge in [-0.1, -0.05) is 17.7 Å². The molecular formula is C21H23ClN4O2. The van der Waals surface area contributed by atoms with Gasteiger partial charge in [-0.05, 0) is 57.9 Å². The molecule has 4 rings (SSSR count). The van der Waals surface area contributed by atoms with E-state index in [0.29, 0.717) is 11.7 Å². The van der Waals surface area contributed by atoms with Crippen molar-refractivity contribution in [2.75, 3.05) is 6.54 Å². The number of halogens is 1. The van der Waals surface area contributed by atoms with E-state index in [1.54, 1.807) is 11.0 Å². The zero-order valence-corrected chi connectivity index (χ0v) is 17.0. The summed E-state index contributed by atoms with van der Waals surface area (Å²) in [6.07, 6.45) is 3.39. The molecule has 0 bridgehead atoms. The van der Waals surface area contributed by atoms with Gasteiger partial charge in [0.2, 0.25) is 0 Å². The molecule has 0 radical (unpaired) electrons. The molecule has 1 N–H and O–H groups in total. The van der Waals surface area contributed by atoms with Crippen LogP contribution in [0, 0.1) is 0 Å². The predicted molar refractivity (Wildman–Crippen MR) is 109 cm³/mol. The smallest absolute Gasteiger partial charge is 0.410 e. The minimum absolute atomic E-state index is 0.0930. The van der Waals surface area contributed by atoms with Gasteiger partial charge in [-0.25, -0.2) is 14.8 Å². The van der Waals surface area contributed by atoms with E-state index in [4.69, 9.17) is 21.3 Å². The van der Waals surface area contributed by atoms with E-state index in [1.165, 1.54) is 0 Å². The van der Waals surface area contributed by atoms with Crippen LogP contribution < -0.4 is 0 Å². The van der Waals surface area contributed by atoms with Crippen molar-refractivity contribution >= 4 is 28.6 Å². The van der Waals surface area contributed by atoms with Crippen LogP contribution in [0.5, 0.6) is 0 Å². The number of likely N-dealkylation sites (tertiary alicyclic amines) is 1. The second-order valence-corrected chi connectivity index (χ2v) is 8.43. The maximum absolute atomic E-state index is 12.5. The Morgan fingerprint density at radius 3 is 2.86 bits per heavy atom. The Morgan fingerprint density at radius 1 is 1.25 bits per heavy atom. The number of H-pyrrole nitrogens is 1. The molecule has 1 aromatic carbocycles. The van der Waals surface area contributed by atoms with Crippen LogP contribution in [0.1, 0.15) is 45.5 Å². The van der Waals surface area contributed by atoms with E-state index in [1.807, 2.05) is 51.2 Å². The fourth-order valence-electron chi connectivity index (χ4n) is 3.51. The molecule has 1 saturated heterocycles. The SMILES string of the molecule is CC(C)(C)OC(=O)N1CCC[C@H]1c1nc(-c2ccc3nc(Cl)ccc3c2)c[nH]1. The predicted octanol–water partition coefficient (Wildman–Crippen LogP) is 5.35. The number of carbonyl (C=O) groups excluding carboxylic acids is 1. The van der Waals surface area contributed by atoms with Crippen LogP contribution >= 0.6 is 11.6 Å². The zero-order chi connectivity index (χ0) is 19.9. The molecule has 3 aromatic rings. The van der Waals surface area contributed by atoms with Crippen molar-refractivity contribution in [3.63, 3.8) is 0 Å². The Labute approximate surface area is 168 Å². The van der Waals surface area contributed by atoms with Gasteiger partial charge >= 0.3 is 6.09 Å². The molecule has 1 aliphatic heterocycles. The van der Waals surface area contributed by atoms with Gasteiger partial charge in [-0.2, -0.15) is 0 Å². The van der Waals surface area contributed by atoms with Gasteiger partial charge in [0.1, 0.15) is 16.6 Å². The van der Waals surface area contributed by atoms with Crippen LogP contribution in [-0.4, -0.2) is 38.1 Å². The number of rotatable bonds is 2. The number of aromatic amines is 1. The highest BCUT2D eigenvalue weighted by atomic mass is 35.5. The summed E-state index contributed by atoms with van der Waals surface area (Å²) in [6.45, 7) is 6.31. The summed E-state index contributed by atoms with van der Waals surface area (Å²) in [4.78, 5) is 26.6. The largest absolute Gasteiger partial charge is 0.444 e. The minimum Gasteiger partial charge on any atom is -0.444 e. The number of nitrogens with one attached hydrogen (secondary N) is 1. The first-order valence-electron chi connectivity index (χ1n) is 9.42. The summed E-state index contributed by atoms with van der Waals surface area (Å²) in [7, 11) is 0. The van der Waals surface area contributed by atoms with Crippen molar-refractivity contribution in [3.05, 3.63) is 47.5 Å². The number of ether oxygens (including phenoxy) is 1. The minimum atomic E-state index is -0.513. The molecule has 1 atom stereocenters. The number of nitrogens with zero attached hydrogens (tertiary/aromatic N) is 3. The third-order valence-corrected chi connectivity index (χ3v) is 4.96. The highest BCUT2D eigenvalue weighted by Crippen LogP contribution is 2.33. The number of amides is 1. The summed E-state index contributed by atoms with van der Waals surface area (Å²) in [5.41, 5.74) is 2.16. The number of imidazole rings is 1. The first kappa shape index (κ1) is 18.7. The summed E-state index contributed by atoms with van der Waals surface area (Å²) >= 11 is 5.96. The molecular weight excluding hydrogens is 376 g/mol. The normalized spacial score (nSPS) is 17.3. The lowest BCUT2D eigenvalue weighted by atomic mass is 10.1. The van der Waals surface area contributed by atoms with Crippen LogP contribution in [-0.2, 0) is 4.74 Å². The highest BCUT2D eigenvalue weighted by Gasteiger charge is 2.34. The Hall–Kier alpha value is -2.60. The summed E-state index contributed by atoms with van der Waals surface area (Å²) < 4.78 is 5.55. The number of pyridine rings is 1. The molecule has 1 fully saturated rings. The first-order chi connectivity index (χ1) is 13.3. The lowest BCUT2D eigenvalue weighted by Crippen LogP contribution is -2.36. The van der Waals surface area contributed by atoms with Gasteiger partial charge < -0.3 is 9.72 Å². The van der Waals surface area contributed by atoms with Gasteiger partial charge in [0.25, 0.3) is 0 Å². The number of aromatic nitrogens is 3. The van der Waals surface area contributed by atoms with Gasteiger partial charge in [-0.15, -0.1) is 0 Å². The third kappa shape index (κ3) is 3.83. The Bertz CT molecular complexity index is 1020. The maximum Gasteiger partial charge on any atom is 0.410 e. The zero-order valence-electron chi connectivity index (χ0n) is 16.2. The van der Waals surface area contributed by atoms with Crippen LogP contribution in [0.3, 0.4) is 0 Å². The average Bonchev–Trinajstić information content (AvgIpc) is 3.29. The second kappa shape index (κ2) is 7.09. The second-order valence-electron chi connectivity index (χ2n) is 8.04. The molecule has 1 amide bonds. The number of hydrogen-bond acceptors (Lipinski definition) is 4. The topological polar surface area (TPSA) is 71.1 Å². The lowest BCUT2D eigenvalue weighted by molar-refractivity contribution is 0.0219. The average molecular weight is 399 g/mol. The molecule has 2 aromatic heterocycles. The molecule has 0 saturated carbocycles. The van der Waals surface area contributed by atoms with E-state index >= 15 is 0 Å². The number of fused-ring (bicyclic) bond motifs is 1. The van der Waals surface area contributed by atoms with Crippen molar-refractivity contribution in [2.24, 2.45) is 0 Å². The van der Waals surface area contributed by atoms with Crippen LogP contribution in [0.2, 0.25) is 5.15 Å². The van der Waals surface area contributed by atoms with Crippen molar-refractivity contribution in [3.8, 4) is 11.3 Å². The molecule has 0 unspecified atom stereocenters. The molecule has 28 heavy (non-hydrogen) atoms.